The minimum atomic E-state index is -1.21. The van der Waals surface area contributed by atoms with Crippen molar-refractivity contribution in [1.82, 2.24) is 14.8 Å². The fourth-order valence-corrected chi connectivity index (χ4v) is 6.23. The van der Waals surface area contributed by atoms with E-state index in [2.05, 4.69) is 5.32 Å². The summed E-state index contributed by atoms with van der Waals surface area (Å²) in [5.74, 6) is -6.13. The van der Waals surface area contributed by atoms with Crippen molar-refractivity contribution in [3.8, 4) is 5.75 Å². The first-order valence-electron chi connectivity index (χ1n) is 15.5. The van der Waals surface area contributed by atoms with E-state index in [1.165, 1.54) is 22.8 Å². The predicted octanol–water partition coefficient (Wildman–Crippen LogP) is 4.80. The number of hydrogen-bond acceptors (Lipinski definition) is 7. The molecule has 2 aliphatic rings. The summed E-state index contributed by atoms with van der Waals surface area (Å²) in [7, 11) is 1.46. The van der Waals surface area contributed by atoms with Gasteiger partial charge in [0.25, 0.3) is 11.8 Å². The molecule has 1 N–H and O–H groups in total. The Bertz CT molecular complexity index is 1930. The molecule has 0 aliphatic carbocycles. The number of nitrogens with zero attached hydrogens (tertiary/aromatic N) is 2. The maximum absolute atomic E-state index is 14.3. The van der Waals surface area contributed by atoms with Crippen LogP contribution in [0.5, 0.6) is 5.75 Å². The predicted molar refractivity (Wildman–Crippen MR) is 170 cm³/mol. The van der Waals surface area contributed by atoms with E-state index in [0.717, 1.165) is 0 Å². The molecule has 0 spiro atoms. The number of nitrogens with one attached hydrogen (secondary N) is 1. The van der Waals surface area contributed by atoms with E-state index in [-0.39, 0.29) is 25.3 Å². The maximum Gasteiger partial charge on any atom is 0.338 e. The zero-order valence-corrected chi connectivity index (χ0v) is 26.5. The van der Waals surface area contributed by atoms with E-state index in [9.17, 15) is 32.3 Å². The van der Waals surface area contributed by atoms with Crippen molar-refractivity contribution in [2.75, 3.05) is 13.7 Å². The summed E-state index contributed by atoms with van der Waals surface area (Å²) >= 11 is 0. The topological polar surface area (TPSA) is 116 Å². The van der Waals surface area contributed by atoms with Gasteiger partial charge in [-0.3, -0.25) is 14.4 Å². The second kappa shape index (κ2) is 14.0. The molecular weight excluding hydrogens is 643 g/mol. The molecule has 10 nitrogen and oxygen atoms in total. The molecule has 2 bridgehead atoms. The number of ether oxygens (including phenoxy) is 3. The van der Waals surface area contributed by atoms with Gasteiger partial charge in [0.15, 0.2) is 11.4 Å². The second-order valence-corrected chi connectivity index (χ2v) is 11.8. The van der Waals surface area contributed by atoms with E-state index in [1.807, 2.05) is 0 Å². The molecule has 49 heavy (non-hydrogen) atoms. The Labute approximate surface area is 279 Å². The zero-order valence-electron chi connectivity index (χ0n) is 26.5. The number of esters is 1. The minimum Gasteiger partial charge on any atom is -0.483 e. The summed E-state index contributed by atoms with van der Waals surface area (Å²) in [5.41, 5.74) is -1.12. The molecule has 1 saturated heterocycles. The molecule has 3 heterocycles. The summed E-state index contributed by atoms with van der Waals surface area (Å²) < 4.78 is 61.4. The number of amides is 2. The Balaban J connectivity index is 1.39. The fraction of sp³-hybridized carbons (Fsp3) is 0.278. The van der Waals surface area contributed by atoms with Gasteiger partial charge in [-0.25, -0.2) is 18.0 Å². The van der Waals surface area contributed by atoms with Gasteiger partial charge in [0.2, 0.25) is 5.43 Å². The molecule has 1 aromatic heterocycles. The second-order valence-electron chi connectivity index (χ2n) is 11.8. The van der Waals surface area contributed by atoms with E-state index in [4.69, 9.17) is 14.2 Å². The summed E-state index contributed by atoms with van der Waals surface area (Å²) in [5, 5.41) is 2.33. The number of rotatable bonds is 9. The number of fused-ring (bicyclic) bond motifs is 4. The molecule has 13 heteroatoms. The Hall–Kier alpha value is -5.43. The van der Waals surface area contributed by atoms with Crippen LogP contribution in [0.3, 0.4) is 0 Å². The Morgan fingerprint density at radius 2 is 1.59 bits per heavy atom. The van der Waals surface area contributed by atoms with E-state index in [1.54, 1.807) is 67.6 Å². The number of methoxy groups -OCH3 is 1. The number of pyridine rings is 1. The lowest BCUT2D eigenvalue weighted by atomic mass is 10.0. The summed E-state index contributed by atoms with van der Waals surface area (Å²) in [6.45, 7) is 1.00. The SMILES string of the molecule is COC1CC(OC(=O)c2ccccc2)C(C)N2CC1n1cc(C(=O)NCc3c(F)cc(F)cc3F)c(=O)c(OCc3ccccc3)c1C2=O. The van der Waals surface area contributed by atoms with Gasteiger partial charge in [-0.15, -0.1) is 0 Å². The van der Waals surface area contributed by atoms with Crippen LogP contribution in [0.2, 0.25) is 0 Å². The molecule has 4 atom stereocenters. The van der Waals surface area contributed by atoms with Gasteiger partial charge >= 0.3 is 5.97 Å². The molecule has 2 aliphatic heterocycles. The van der Waals surface area contributed by atoms with Crippen LogP contribution < -0.4 is 15.5 Å². The van der Waals surface area contributed by atoms with Crippen LogP contribution in [0.15, 0.2) is 83.8 Å². The van der Waals surface area contributed by atoms with Crippen molar-refractivity contribution in [2.45, 2.75) is 50.8 Å². The lowest BCUT2D eigenvalue weighted by molar-refractivity contribution is -0.00882. The number of benzene rings is 3. The molecular formula is C36H32F3N3O7. The van der Waals surface area contributed by atoms with E-state index >= 15 is 0 Å². The first-order chi connectivity index (χ1) is 23.6. The highest BCUT2D eigenvalue weighted by Gasteiger charge is 2.47. The van der Waals surface area contributed by atoms with Crippen LogP contribution in [0.4, 0.5) is 13.2 Å². The number of carbonyl (C=O) groups excluding carboxylic acids is 3. The summed E-state index contributed by atoms with van der Waals surface area (Å²) in [6.07, 6.45) is -0.103. The number of carbonyl (C=O) groups is 3. The van der Waals surface area contributed by atoms with Crippen molar-refractivity contribution in [2.24, 2.45) is 0 Å². The van der Waals surface area contributed by atoms with Crippen LogP contribution >= 0.6 is 0 Å². The van der Waals surface area contributed by atoms with Gasteiger partial charge in [0.1, 0.15) is 35.7 Å². The molecule has 0 saturated carbocycles. The van der Waals surface area contributed by atoms with E-state index in [0.29, 0.717) is 23.3 Å². The van der Waals surface area contributed by atoms with Crippen molar-refractivity contribution in [3.63, 3.8) is 0 Å². The quantitative estimate of drug-likeness (QED) is 0.254. The molecule has 0 radical (unpaired) electrons. The number of hydrogen-bond donors (Lipinski definition) is 1. The third-order valence-electron chi connectivity index (χ3n) is 8.89. The smallest absolute Gasteiger partial charge is 0.338 e. The fourth-order valence-electron chi connectivity index (χ4n) is 6.23. The number of halogens is 3. The first-order valence-corrected chi connectivity index (χ1v) is 15.5. The standard InChI is InChI=1S/C36H32F3N3O7/c1-20-29(49-36(46)22-11-7-4-8-12-22)15-30(47-2)28-18-41(20)35(45)31-33(48-19-21-9-5-3-6-10-21)32(43)25(17-42(28)31)34(44)40-16-24-26(38)13-23(37)14-27(24)39/h3-14,17,20,28-30H,15-16,18-19H2,1-2H3,(H,40,44). The summed E-state index contributed by atoms with van der Waals surface area (Å²) in [6, 6.07) is 16.9. The van der Waals surface area contributed by atoms with Crippen LogP contribution in [0.1, 0.15) is 61.7 Å². The van der Waals surface area contributed by atoms with Crippen LogP contribution in [0.25, 0.3) is 0 Å². The van der Waals surface area contributed by atoms with Gasteiger partial charge in [0.05, 0.1) is 23.8 Å². The average molecular weight is 676 g/mol. The summed E-state index contributed by atoms with van der Waals surface area (Å²) in [4.78, 5) is 56.3. The third kappa shape index (κ3) is 6.66. The minimum absolute atomic E-state index is 0.0823. The lowest BCUT2D eigenvalue weighted by Gasteiger charge is -2.39. The highest BCUT2D eigenvalue weighted by molar-refractivity contribution is 5.99. The molecule has 6 rings (SSSR count). The molecule has 254 valence electrons. The van der Waals surface area contributed by atoms with Gasteiger partial charge in [0, 0.05) is 50.5 Å². The lowest BCUT2D eigenvalue weighted by Crippen LogP contribution is -2.51. The average Bonchev–Trinajstić information content (AvgIpc) is 3.21. The molecule has 3 aromatic carbocycles. The van der Waals surface area contributed by atoms with Crippen LogP contribution in [0, 0.1) is 17.5 Å². The largest absolute Gasteiger partial charge is 0.483 e. The van der Waals surface area contributed by atoms with Crippen molar-refractivity contribution < 1.29 is 41.8 Å². The number of aromatic nitrogens is 1. The monoisotopic (exact) mass is 675 g/mol. The van der Waals surface area contributed by atoms with Crippen molar-refractivity contribution in [3.05, 3.63) is 135 Å². The highest BCUT2D eigenvalue weighted by atomic mass is 19.1. The zero-order chi connectivity index (χ0) is 34.8. The Morgan fingerprint density at radius 1 is 0.939 bits per heavy atom. The van der Waals surface area contributed by atoms with Gasteiger partial charge < -0.3 is 29.0 Å². The van der Waals surface area contributed by atoms with Gasteiger partial charge in [-0.1, -0.05) is 48.5 Å². The first kappa shape index (κ1) is 33.5. The normalized spacial score (nSPS) is 19.9. The van der Waals surface area contributed by atoms with Crippen molar-refractivity contribution >= 4 is 17.8 Å². The van der Waals surface area contributed by atoms with Gasteiger partial charge in [-0.2, -0.15) is 0 Å². The molecule has 4 aromatic rings. The van der Waals surface area contributed by atoms with Crippen molar-refractivity contribution in [1.29, 1.82) is 0 Å². The highest BCUT2D eigenvalue weighted by Crippen LogP contribution is 2.37. The third-order valence-corrected chi connectivity index (χ3v) is 8.89. The van der Waals surface area contributed by atoms with Gasteiger partial charge in [-0.05, 0) is 24.6 Å². The maximum atomic E-state index is 14.3. The Kier molecular flexibility index (Phi) is 9.54. The van der Waals surface area contributed by atoms with Crippen LogP contribution in [-0.4, -0.2) is 59.2 Å². The van der Waals surface area contributed by atoms with E-state index < -0.39 is 88.4 Å². The molecule has 1 fully saturated rings. The molecule has 4 unspecified atom stereocenters. The Morgan fingerprint density at radius 3 is 2.24 bits per heavy atom. The molecule has 2 amide bonds. The van der Waals surface area contributed by atoms with Crippen LogP contribution in [-0.2, 0) is 22.6 Å².